The van der Waals surface area contributed by atoms with Gasteiger partial charge in [0.05, 0.1) is 0 Å². The fourth-order valence-electron chi connectivity index (χ4n) is 1.63. The van der Waals surface area contributed by atoms with E-state index in [4.69, 9.17) is 0 Å². The van der Waals surface area contributed by atoms with Gasteiger partial charge >= 0.3 is 0 Å². The van der Waals surface area contributed by atoms with Gasteiger partial charge in [0.15, 0.2) is 0 Å². The summed E-state index contributed by atoms with van der Waals surface area (Å²) in [5, 5.41) is 0. The summed E-state index contributed by atoms with van der Waals surface area (Å²) in [6.45, 7) is 8.17. The molecule has 1 atom stereocenters. The third-order valence-electron chi connectivity index (χ3n) is 2.69. The third kappa shape index (κ3) is 3.37. The van der Waals surface area contributed by atoms with Crippen molar-refractivity contribution < 1.29 is 0 Å². The van der Waals surface area contributed by atoms with E-state index in [0.717, 1.165) is 6.42 Å². The molecule has 76 valence electrons. The zero-order valence-corrected chi connectivity index (χ0v) is 9.29. The molecule has 0 heteroatoms. The predicted octanol–water partition coefficient (Wildman–Crippen LogP) is 4.45. The molecule has 1 rings (SSSR count). The minimum absolute atomic E-state index is 0.676. The molecule has 0 saturated carbocycles. The second-order valence-corrected chi connectivity index (χ2v) is 4.03. The van der Waals surface area contributed by atoms with Gasteiger partial charge in [0.25, 0.3) is 0 Å². The molecular weight excluding hydrogens is 168 g/mol. The van der Waals surface area contributed by atoms with Crippen LogP contribution < -0.4 is 0 Å². The summed E-state index contributed by atoms with van der Waals surface area (Å²) in [4.78, 5) is 0. The SMILES string of the molecule is C=CCCC[C@H](C)c1ccc(C)cc1. The van der Waals surface area contributed by atoms with E-state index >= 15 is 0 Å². The number of unbranched alkanes of at least 4 members (excludes halogenated alkanes) is 1. The molecule has 0 aliphatic carbocycles. The molecule has 0 fully saturated rings. The Bertz CT molecular complexity index is 269. The summed E-state index contributed by atoms with van der Waals surface area (Å²) in [5.41, 5.74) is 2.80. The first-order valence-electron chi connectivity index (χ1n) is 5.41. The third-order valence-corrected chi connectivity index (χ3v) is 2.69. The normalized spacial score (nSPS) is 12.4. The number of hydrogen-bond donors (Lipinski definition) is 0. The summed E-state index contributed by atoms with van der Waals surface area (Å²) in [6, 6.07) is 8.88. The number of allylic oxidation sites excluding steroid dienone is 1. The first-order valence-corrected chi connectivity index (χ1v) is 5.41. The zero-order valence-electron chi connectivity index (χ0n) is 9.29. The fraction of sp³-hybridized carbons (Fsp3) is 0.429. The Hall–Kier alpha value is -1.04. The largest absolute Gasteiger partial charge is 0.103 e. The molecule has 0 aliphatic heterocycles. The molecule has 1 aromatic carbocycles. The topological polar surface area (TPSA) is 0 Å². The highest BCUT2D eigenvalue weighted by Gasteiger charge is 2.03. The lowest BCUT2D eigenvalue weighted by molar-refractivity contribution is 0.640. The van der Waals surface area contributed by atoms with Crippen LogP contribution in [0.1, 0.15) is 43.2 Å². The van der Waals surface area contributed by atoms with E-state index in [1.807, 2.05) is 6.08 Å². The number of rotatable bonds is 5. The monoisotopic (exact) mass is 188 g/mol. The van der Waals surface area contributed by atoms with E-state index in [1.165, 1.54) is 24.0 Å². The Kier molecular flexibility index (Phi) is 4.45. The van der Waals surface area contributed by atoms with Crippen LogP contribution in [0.25, 0.3) is 0 Å². The molecule has 14 heavy (non-hydrogen) atoms. The number of aryl methyl sites for hydroxylation is 1. The van der Waals surface area contributed by atoms with Crippen LogP contribution in [0, 0.1) is 6.92 Å². The summed E-state index contributed by atoms with van der Waals surface area (Å²) < 4.78 is 0. The predicted molar refractivity (Wildman–Crippen MR) is 63.6 cm³/mol. The average molecular weight is 188 g/mol. The molecule has 0 heterocycles. The van der Waals surface area contributed by atoms with E-state index in [-0.39, 0.29) is 0 Å². The Balaban J connectivity index is 2.47. The van der Waals surface area contributed by atoms with E-state index in [1.54, 1.807) is 0 Å². The highest BCUT2D eigenvalue weighted by atomic mass is 14.1. The lowest BCUT2D eigenvalue weighted by atomic mass is 9.95. The van der Waals surface area contributed by atoms with Gasteiger partial charge in [-0.1, -0.05) is 42.8 Å². The van der Waals surface area contributed by atoms with Crippen molar-refractivity contribution in [2.45, 2.75) is 39.0 Å². The summed E-state index contributed by atoms with van der Waals surface area (Å²) in [6.07, 6.45) is 5.64. The van der Waals surface area contributed by atoms with Gasteiger partial charge in [0.2, 0.25) is 0 Å². The minimum Gasteiger partial charge on any atom is -0.103 e. The fourth-order valence-corrected chi connectivity index (χ4v) is 1.63. The van der Waals surface area contributed by atoms with E-state index < -0.39 is 0 Å². The lowest BCUT2D eigenvalue weighted by Gasteiger charge is -2.11. The molecule has 0 aliphatic rings. The maximum atomic E-state index is 3.74. The first-order chi connectivity index (χ1) is 6.74. The molecular formula is C14H20. The quantitative estimate of drug-likeness (QED) is 0.473. The molecule has 0 amide bonds. The lowest BCUT2D eigenvalue weighted by Crippen LogP contribution is -1.93. The van der Waals surface area contributed by atoms with Crippen LogP contribution in [0.5, 0.6) is 0 Å². The Morgan fingerprint density at radius 2 is 1.93 bits per heavy atom. The molecule has 0 unspecified atom stereocenters. The average Bonchev–Trinajstić information content (AvgIpc) is 2.19. The molecule has 1 aromatic rings. The van der Waals surface area contributed by atoms with E-state index in [2.05, 4.69) is 44.7 Å². The van der Waals surface area contributed by atoms with Crippen LogP contribution in [0.4, 0.5) is 0 Å². The highest BCUT2D eigenvalue weighted by molar-refractivity contribution is 5.23. The Labute approximate surface area is 87.7 Å². The summed E-state index contributed by atoms with van der Waals surface area (Å²) >= 11 is 0. The molecule has 0 aromatic heterocycles. The molecule has 0 saturated heterocycles. The molecule has 0 nitrogen and oxygen atoms in total. The maximum Gasteiger partial charge on any atom is -0.0190 e. The second-order valence-electron chi connectivity index (χ2n) is 4.03. The second kappa shape index (κ2) is 5.64. The molecule has 0 spiro atoms. The minimum atomic E-state index is 0.676. The van der Waals surface area contributed by atoms with Crippen molar-refractivity contribution in [1.29, 1.82) is 0 Å². The molecule has 0 radical (unpaired) electrons. The van der Waals surface area contributed by atoms with Crippen LogP contribution >= 0.6 is 0 Å². The van der Waals surface area contributed by atoms with Gasteiger partial charge in [-0.25, -0.2) is 0 Å². The van der Waals surface area contributed by atoms with Gasteiger partial charge in [0.1, 0.15) is 0 Å². The van der Waals surface area contributed by atoms with Crippen molar-refractivity contribution >= 4 is 0 Å². The van der Waals surface area contributed by atoms with Gasteiger partial charge in [-0.3, -0.25) is 0 Å². The van der Waals surface area contributed by atoms with Crippen molar-refractivity contribution in [3.8, 4) is 0 Å². The Morgan fingerprint density at radius 3 is 2.50 bits per heavy atom. The van der Waals surface area contributed by atoms with Crippen LogP contribution in [0.3, 0.4) is 0 Å². The van der Waals surface area contributed by atoms with E-state index in [9.17, 15) is 0 Å². The Morgan fingerprint density at radius 1 is 1.29 bits per heavy atom. The maximum absolute atomic E-state index is 3.74. The van der Waals surface area contributed by atoms with Gasteiger partial charge in [-0.2, -0.15) is 0 Å². The van der Waals surface area contributed by atoms with Crippen molar-refractivity contribution in [1.82, 2.24) is 0 Å². The van der Waals surface area contributed by atoms with Gasteiger partial charge in [0, 0.05) is 0 Å². The first kappa shape index (κ1) is 11.0. The number of hydrogen-bond acceptors (Lipinski definition) is 0. The van der Waals surface area contributed by atoms with Crippen molar-refractivity contribution in [3.05, 3.63) is 48.0 Å². The van der Waals surface area contributed by atoms with Crippen molar-refractivity contribution in [2.24, 2.45) is 0 Å². The van der Waals surface area contributed by atoms with Gasteiger partial charge in [-0.15, -0.1) is 6.58 Å². The zero-order chi connectivity index (χ0) is 10.4. The van der Waals surface area contributed by atoms with Crippen molar-refractivity contribution in [3.63, 3.8) is 0 Å². The molecule has 0 bridgehead atoms. The van der Waals surface area contributed by atoms with E-state index in [0.29, 0.717) is 5.92 Å². The summed E-state index contributed by atoms with van der Waals surface area (Å²) in [5.74, 6) is 0.676. The smallest absolute Gasteiger partial charge is 0.0190 e. The van der Waals surface area contributed by atoms with Crippen LogP contribution in [-0.4, -0.2) is 0 Å². The van der Waals surface area contributed by atoms with Crippen LogP contribution in [-0.2, 0) is 0 Å². The van der Waals surface area contributed by atoms with Gasteiger partial charge < -0.3 is 0 Å². The van der Waals surface area contributed by atoms with Crippen molar-refractivity contribution in [2.75, 3.05) is 0 Å². The summed E-state index contributed by atoms with van der Waals surface area (Å²) in [7, 11) is 0. The standard InChI is InChI=1S/C14H20/c1-4-5-6-7-13(3)14-10-8-12(2)9-11-14/h4,8-11,13H,1,5-7H2,2-3H3/t13-/m0/s1. The molecule has 0 N–H and O–H groups in total. The highest BCUT2D eigenvalue weighted by Crippen LogP contribution is 2.21. The van der Waals surface area contributed by atoms with Crippen LogP contribution in [0.15, 0.2) is 36.9 Å². The van der Waals surface area contributed by atoms with Gasteiger partial charge in [-0.05, 0) is 37.7 Å². The van der Waals surface area contributed by atoms with Crippen LogP contribution in [0.2, 0.25) is 0 Å². The number of benzene rings is 1.